The molecule has 0 heterocycles. The third-order valence-electron chi connectivity index (χ3n) is 6.36. The first-order valence-corrected chi connectivity index (χ1v) is 15.5. The van der Waals surface area contributed by atoms with Gasteiger partial charge in [-0.05, 0) is 47.2 Å². The second-order valence-corrected chi connectivity index (χ2v) is 11.9. The first-order valence-electron chi connectivity index (χ1n) is 12.7. The number of hydrogen-bond donors (Lipinski definition) is 2. The van der Waals surface area contributed by atoms with Crippen LogP contribution in [-0.2, 0) is 20.2 Å². The number of nitrogens with one attached hydrogen (secondary N) is 2. The van der Waals surface area contributed by atoms with Crippen molar-refractivity contribution in [2.75, 3.05) is 10.6 Å². The van der Waals surface area contributed by atoms with Gasteiger partial charge in [0, 0.05) is 22.1 Å². The molecule has 0 aromatic heterocycles. The van der Waals surface area contributed by atoms with Crippen molar-refractivity contribution >= 4 is 87.6 Å². The summed E-state index contributed by atoms with van der Waals surface area (Å²) in [6.07, 6.45) is 0. The molecule has 6 aromatic rings. The van der Waals surface area contributed by atoms with Gasteiger partial charge in [0.15, 0.2) is 0 Å². The summed E-state index contributed by atoms with van der Waals surface area (Å²) in [4.78, 5) is -0.436. The minimum atomic E-state index is -4.59. The van der Waals surface area contributed by atoms with E-state index in [2.05, 4.69) is 10.6 Å². The summed E-state index contributed by atoms with van der Waals surface area (Å²) in [5.74, 6) is 0. The zero-order valence-corrected chi connectivity index (χ0v) is 25.7. The van der Waals surface area contributed by atoms with Gasteiger partial charge in [0.1, 0.15) is 20.2 Å². The van der Waals surface area contributed by atoms with Crippen LogP contribution in [0.5, 0.6) is 0 Å². The molecule has 0 saturated carbocycles. The van der Waals surface area contributed by atoms with Crippen molar-refractivity contribution in [1.82, 2.24) is 0 Å². The molecule has 2 N–H and O–H groups in total. The summed E-state index contributed by atoms with van der Waals surface area (Å²) in [5, 5.41) is 8.26. The van der Waals surface area contributed by atoms with E-state index in [4.69, 9.17) is 0 Å². The second-order valence-electron chi connectivity index (χ2n) is 9.22. The number of rotatable bonds is 6. The van der Waals surface area contributed by atoms with Gasteiger partial charge in [-0.15, -0.1) is 0 Å². The Labute approximate surface area is 266 Å². The van der Waals surface area contributed by atoms with Crippen molar-refractivity contribution < 1.29 is 25.9 Å². The molecule has 11 heteroatoms. The molecule has 6 rings (SSSR count). The summed E-state index contributed by atoms with van der Waals surface area (Å²) < 4.78 is 70.0. The van der Waals surface area contributed by atoms with Crippen LogP contribution in [0, 0.1) is 0 Å². The zero-order valence-electron chi connectivity index (χ0n) is 22.7. The molecule has 0 aliphatic carbocycles. The molecule has 0 aliphatic rings. The average Bonchev–Trinajstić information content (AvgIpc) is 2.97. The standard InChI is InChI=1S/2C16H13NO3S.Mg/c2*18-21(19,20)16-14-9-5-4-6-12(14)10-11-15(16)17-13-7-2-1-3-8-13;/h2*1-11,17H,(H,18,19,20);/q;;+2/p-2. The second kappa shape index (κ2) is 13.6. The number of para-hydroxylation sites is 2. The van der Waals surface area contributed by atoms with E-state index < -0.39 is 20.2 Å². The monoisotopic (exact) mass is 620 g/mol. The quantitative estimate of drug-likeness (QED) is 0.157. The molecule has 0 aliphatic heterocycles. The van der Waals surface area contributed by atoms with Gasteiger partial charge in [-0.2, -0.15) is 0 Å². The Morgan fingerprint density at radius 2 is 0.744 bits per heavy atom. The molecule has 0 radical (unpaired) electrons. The van der Waals surface area contributed by atoms with Crippen molar-refractivity contribution in [1.29, 1.82) is 0 Å². The zero-order chi connectivity index (χ0) is 29.7. The topological polar surface area (TPSA) is 138 Å². The summed E-state index contributed by atoms with van der Waals surface area (Å²) in [6, 6.07) is 38.9. The fourth-order valence-corrected chi connectivity index (χ4v) is 6.26. The summed E-state index contributed by atoms with van der Waals surface area (Å²) in [6.45, 7) is 0. The van der Waals surface area contributed by atoms with Crippen LogP contribution in [0.15, 0.2) is 143 Å². The summed E-state index contributed by atoms with van der Waals surface area (Å²) in [5.41, 5.74) is 2.01. The molecule has 0 unspecified atom stereocenters. The molecule has 0 fully saturated rings. The Morgan fingerprint density at radius 3 is 1.09 bits per heavy atom. The van der Waals surface area contributed by atoms with E-state index in [1.165, 1.54) is 0 Å². The maximum absolute atomic E-state index is 11.7. The number of hydrogen-bond acceptors (Lipinski definition) is 8. The first-order chi connectivity index (χ1) is 20.1. The maximum Gasteiger partial charge on any atom is 2.00 e. The van der Waals surface area contributed by atoms with Gasteiger partial charge in [0.2, 0.25) is 0 Å². The van der Waals surface area contributed by atoms with E-state index in [-0.39, 0.29) is 44.2 Å². The van der Waals surface area contributed by atoms with Gasteiger partial charge in [0.05, 0.1) is 21.2 Å². The average molecular weight is 621 g/mol. The van der Waals surface area contributed by atoms with Gasteiger partial charge in [-0.3, -0.25) is 0 Å². The van der Waals surface area contributed by atoms with Crippen LogP contribution in [-0.4, -0.2) is 49.0 Å². The fraction of sp³-hybridized carbons (Fsp3) is 0. The summed E-state index contributed by atoms with van der Waals surface area (Å²) >= 11 is 0. The van der Waals surface area contributed by atoms with E-state index in [0.29, 0.717) is 21.5 Å². The van der Waals surface area contributed by atoms with Gasteiger partial charge >= 0.3 is 23.1 Å². The van der Waals surface area contributed by atoms with Crippen molar-refractivity contribution in [2.45, 2.75) is 9.79 Å². The third kappa shape index (κ3) is 7.71. The number of fused-ring (bicyclic) bond motifs is 2. The molecule has 0 atom stereocenters. The first kappa shape index (κ1) is 32.0. The molecule has 43 heavy (non-hydrogen) atoms. The molecule has 6 aromatic carbocycles. The predicted molar refractivity (Wildman–Crippen MR) is 169 cm³/mol. The molecule has 0 saturated heterocycles. The number of benzene rings is 6. The Balaban J connectivity index is 0.000000192. The largest absolute Gasteiger partial charge is 2.00 e. The molecule has 212 valence electrons. The molecular weight excluding hydrogens is 597 g/mol. The van der Waals surface area contributed by atoms with E-state index in [0.717, 1.165) is 11.4 Å². The minimum absolute atomic E-state index is 0. The molecule has 8 nitrogen and oxygen atoms in total. The minimum Gasteiger partial charge on any atom is -0.744 e. The Morgan fingerprint density at radius 1 is 0.419 bits per heavy atom. The van der Waals surface area contributed by atoms with Gasteiger partial charge < -0.3 is 19.7 Å². The normalized spacial score (nSPS) is 11.2. The van der Waals surface area contributed by atoms with Gasteiger partial charge in [-0.25, -0.2) is 16.8 Å². The SMILES string of the molecule is O=S(=O)([O-])c1c(Nc2ccccc2)ccc2ccccc12.O=S(=O)([O-])c1c(Nc2ccccc2)ccc2ccccc12.[Mg+2]. The van der Waals surface area contributed by atoms with E-state index in [1.807, 2.05) is 36.4 Å². The summed E-state index contributed by atoms with van der Waals surface area (Å²) in [7, 11) is -9.19. The molecule has 0 spiro atoms. The van der Waals surface area contributed by atoms with Gasteiger partial charge in [0.25, 0.3) is 0 Å². The Kier molecular flexibility index (Phi) is 10.1. The van der Waals surface area contributed by atoms with Crippen molar-refractivity contribution in [2.24, 2.45) is 0 Å². The van der Waals surface area contributed by atoms with Crippen LogP contribution in [0.3, 0.4) is 0 Å². The Hall–Kier alpha value is -3.97. The van der Waals surface area contributed by atoms with Crippen LogP contribution in [0.1, 0.15) is 0 Å². The third-order valence-corrected chi connectivity index (χ3v) is 8.24. The van der Waals surface area contributed by atoms with Crippen molar-refractivity contribution in [3.8, 4) is 0 Å². The number of anilines is 4. The Bertz CT molecular complexity index is 1940. The van der Waals surface area contributed by atoms with Crippen LogP contribution < -0.4 is 10.6 Å². The van der Waals surface area contributed by atoms with Crippen LogP contribution in [0.4, 0.5) is 22.7 Å². The van der Waals surface area contributed by atoms with Crippen molar-refractivity contribution in [3.05, 3.63) is 133 Å². The predicted octanol–water partition coefficient (Wildman–Crippen LogP) is 6.59. The fourth-order valence-electron chi connectivity index (χ4n) is 4.58. The van der Waals surface area contributed by atoms with Crippen LogP contribution in [0.25, 0.3) is 21.5 Å². The molecular formula is C32H24MgN2O6S2. The maximum atomic E-state index is 11.7. The van der Waals surface area contributed by atoms with E-state index >= 15 is 0 Å². The molecule has 0 bridgehead atoms. The smallest absolute Gasteiger partial charge is 0.744 e. The van der Waals surface area contributed by atoms with Crippen LogP contribution in [0.2, 0.25) is 0 Å². The van der Waals surface area contributed by atoms with E-state index in [9.17, 15) is 25.9 Å². The van der Waals surface area contributed by atoms with E-state index in [1.54, 1.807) is 97.1 Å². The molecule has 0 amide bonds. The van der Waals surface area contributed by atoms with Gasteiger partial charge in [-0.1, -0.05) is 97.1 Å². The van der Waals surface area contributed by atoms with Crippen LogP contribution >= 0.6 is 0 Å². The van der Waals surface area contributed by atoms with Crippen molar-refractivity contribution in [3.63, 3.8) is 0 Å².